The topological polar surface area (TPSA) is 58.8 Å². The maximum Gasteiger partial charge on any atom is 0.253 e. The Kier molecular flexibility index (Phi) is 5.73. The van der Waals surface area contributed by atoms with Crippen LogP contribution in [0.1, 0.15) is 23.2 Å². The fraction of sp³-hybridized carbons (Fsp3) is 0.588. The van der Waals surface area contributed by atoms with Gasteiger partial charge in [0.2, 0.25) is 0 Å². The van der Waals surface area contributed by atoms with Gasteiger partial charge in [0.05, 0.1) is 24.5 Å². The first-order chi connectivity index (χ1) is 11.5. The molecule has 0 aromatic heterocycles. The SMILES string of the molecule is NC(=O)c1c(F)cc(Br)cc1N1CCC(CN2CCOCC2)CC1. The average Bonchev–Trinajstić information content (AvgIpc) is 2.55. The number of amides is 1. The number of ether oxygens (including phenoxy) is 1. The second-order valence-electron chi connectivity index (χ2n) is 6.49. The molecular formula is C17H23BrFN3O2. The van der Waals surface area contributed by atoms with E-state index in [4.69, 9.17) is 10.5 Å². The van der Waals surface area contributed by atoms with Gasteiger partial charge in [-0.05, 0) is 30.9 Å². The van der Waals surface area contributed by atoms with Crippen molar-refractivity contribution >= 4 is 27.5 Å². The molecule has 0 radical (unpaired) electrons. The van der Waals surface area contributed by atoms with Crippen LogP contribution in [0.25, 0.3) is 0 Å². The van der Waals surface area contributed by atoms with E-state index in [9.17, 15) is 9.18 Å². The van der Waals surface area contributed by atoms with Gasteiger partial charge in [0.1, 0.15) is 5.82 Å². The third-order valence-electron chi connectivity index (χ3n) is 4.86. The Labute approximate surface area is 150 Å². The van der Waals surface area contributed by atoms with Crippen LogP contribution in [0.5, 0.6) is 0 Å². The number of nitrogens with two attached hydrogens (primary N) is 1. The fourth-order valence-electron chi connectivity index (χ4n) is 3.56. The maximum atomic E-state index is 14.1. The lowest BCUT2D eigenvalue weighted by atomic mass is 9.95. The normalized spacial score (nSPS) is 20.3. The van der Waals surface area contributed by atoms with Gasteiger partial charge in [0, 0.05) is 37.2 Å². The molecule has 2 aliphatic rings. The molecule has 1 amide bonds. The molecule has 0 spiro atoms. The number of benzene rings is 1. The lowest BCUT2D eigenvalue weighted by molar-refractivity contribution is 0.0289. The first kappa shape index (κ1) is 17.6. The van der Waals surface area contributed by atoms with Gasteiger partial charge in [0.15, 0.2) is 0 Å². The third kappa shape index (κ3) is 4.07. The Balaban J connectivity index is 1.65. The van der Waals surface area contributed by atoms with Crippen molar-refractivity contribution in [1.82, 2.24) is 4.90 Å². The summed E-state index contributed by atoms with van der Waals surface area (Å²) < 4.78 is 20.1. The molecule has 2 heterocycles. The van der Waals surface area contributed by atoms with Gasteiger partial charge in [-0.1, -0.05) is 15.9 Å². The smallest absolute Gasteiger partial charge is 0.253 e. The van der Waals surface area contributed by atoms with E-state index in [1.165, 1.54) is 6.07 Å². The minimum absolute atomic E-state index is 0.00942. The second kappa shape index (κ2) is 7.80. The summed E-state index contributed by atoms with van der Waals surface area (Å²) in [5.74, 6) is -0.652. The Hall–Kier alpha value is -1.18. The molecule has 0 bridgehead atoms. The molecule has 2 fully saturated rings. The minimum atomic E-state index is -0.717. The number of halogens is 2. The summed E-state index contributed by atoms with van der Waals surface area (Å²) in [7, 11) is 0. The average molecular weight is 400 g/mol. The zero-order valence-electron chi connectivity index (χ0n) is 13.6. The van der Waals surface area contributed by atoms with E-state index in [2.05, 4.69) is 25.7 Å². The van der Waals surface area contributed by atoms with Crippen LogP contribution in [0.4, 0.5) is 10.1 Å². The molecule has 132 valence electrons. The van der Waals surface area contributed by atoms with E-state index < -0.39 is 11.7 Å². The molecule has 1 aromatic rings. The number of anilines is 1. The molecule has 1 aromatic carbocycles. The summed E-state index contributed by atoms with van der Waals surface area (Å²) >= 11 is 3.30. The maximum absolute atomic E-state index is 14.1. The highest BCUT2D eigenvalue weighted by Gasteiger charge is 2.26. The predicted octanol–water partition coefficient (Wildman–Crippen LogP) is 2.24. The van der Waals surface area contributed by atoms with Crippen molar-refractivity contribution in [2.24, 2.45) is 11.7 Å². The van der Waals surface area contributed by atoms with Crippen molar-refractivity contribution in [1.29, 1.82) is 0 Å². The van der Waals surface area contributed by atoms with Crippen molar-refractivity contribution < 1.29 is 13.9 Å². The molecule has 7 heteroatoms. The van der Waals surface area contributed by atoms with Gasteiger partial charge in [0.25, 0.3) is 5.91 Å². The number of morpholine rings is 1. The lowest BCUT2D eigenvalue weighted by Crippen LogP contribution is -2.43. The summed E-state index contributed by atoms with van der Waals surface area (Å²) in [6.07, 6.45) is 2.06. The van der Waals surface area contributed by atoms with E-state index in [1.54, 1.807) is 6.07 Å². The van der Waals surface area contributed by atoms with E-state index in [0.717, 1.165) is 58.8 Å². The van der Waals surface area contributed by atoms with Crippen LogP contribution < -0.4 is 10.6 Å². The van der Waals surface area contributed by atoms with Gasteiger partial charge in [-0.2, -0.15) is 0 Å². The Bertz CT molecular complexity index is 600. The van der Waals surface area contributed by atoms with Crippen LogP contribution in [0.2, 0.25) is 0 Å². The highest BCUT2D eigenvalue weighted by molar-refractivity contribution is 9.10. The number of primary amides is 1. The van der Waals surface area contributed by atoms with Gasteiger partial charge in [-0.15, -0.1) is 0 Å². The molecule has 0 unspecified atom stereocenters. The number of carbonyl (C=O) groups is 1. The van der Waals surface area contributed by atoms with Gasteiger partial charge >= 0.3 is 0 Å². The molecule has 0 atom stereocenters. The van der Waals surface area contributed by atoms with Crippen molar-refractivity contribution in [3.8, 4) is 0 Å². The van der Waals surface area contributed by atoms with Crippen LogP contribution in [0.15, 0.2) is 16.6 Å². The summed E-state index contributed by atoms with van der Waals surface area (Å²) in [5.41, 5.74) is 5.97. The molecule has 2 saturated heterocycles. The summed E-state index contributed by atoms with van der Waals surface area (Å²) in [6.45, 7) is 6.35. The van der Waals surface area contributed by atoms with E-state index in [0.29, 0.717) is 16.1 Å². The van der Waals surface area contributed by atoms with Crippen molar-refractivity contribution in [3.63, 3.8) is 0 Å². The lowest BCUT2D eigenvalue weighted by Gasteiger charge is -2.37. The Morgan fingerprint density at radius 2 is 1.92 bits per heavy atom. The van der Waals surface area contributed by atoms with E-state index in [1.807, 2.05) is 0 Å². The summed E-state index contributed by atoms with van der Waals surface area (Å²) in [5, 5.41) is 0. The predicted molar refractivity (Wildman–Crippen MR) is 94.8 cm³/mol. The largest absolute Gasteiger partial charge is 0.379 e. The van der Waals surface area contributed by atoms with Gasteiger partial charge in [-0.25, -0.2) is 4.39 Å². The first-order valence-electron chi connectivity index (χ1n) is 8.38. The fourth-order valence-corrected chi connectivity index (χ4v) is 3.98. The number of nitrogens with zero attached hydrogens (tertiary/aromatic N) is 2. The van der Waals surface area contributed by atoms with E-state index in [-0.39, 0.29) is 5.56 Å². The van der Waals surface area contributed by atoms with E-state index >= 15 is 0 Å². The number of hydrogen-bond donors (Lipinski definition) is 1. The van der Waals surface area contributed by atoms with Crippen LogP contribution in [0, 0.1) is 11.7 Å². The third-order valence-corrected chi connectivity index (χ3v) is 5.31. The van der Waals surface area contributed by atoms with Crippen LogP contribution >= 0.6 is 15.9 Å². The van der Waals surface area contributed by atoms with Crippen LogP contribution in [-0.4, -0.2) is 56.7 Å². The Morgan fingerprint density at radius 3 is 2.54 bits per heavy atom. The molecule has 0 saturated carbocycles. The molecule has 2 aliphatic heterocycles. The number of carbonyl (C=O) groups excluding carboxylic acids is 1. The quantitative estimate of drug-likeness (QED) is 0.843. The monoisotopic (exact) mass is 399 g/mol. The molecule has 24 heavy (non-hydrogen) atoms. The van der Waals surface area contributed by atoms with Crippen LogP contribution in [0.3, 0.4) is 0 Å². The molecule has 0 aliphatic carbocycles. The van der Waals surface area contributed by atoms with Crippen LogP contribution in [-0.2, 0) is 4.74 Å². The first-order valence-corrected chi connectivity index (χ1v) is 9.18. The van der Waals surface area contributed by atoms with Crippen molar-refractivity contribution in [3.05, 3.63) is 28.0 Å². The molecule has 2 N–H and O–H groups in total. The molecule has 3 rings (SSSR count). The molecular weight excluding hydrogens is 377 g/mol. The van der Waals surface area contributed by atoms with Gasteiger partial charge < -0.3 is 15.4 Å². The zero-order chi connectivity index (χ0) is 17.1. The van der Waals surface area contributed by atoms with Crippen molar-refractivity contribution in [2.45, 2.75) is 12.8 Å². The zero-order valence-corrected chi connectivity index (χ0v) is 15.2. The highest BCUT2D eigenvalue weighted by atomic mass is 79.9. The number of piperidine rings is 1. The van der Waals surface area contributed by atoms with Gasteiger partial charge in [-0.3, -0.25) is 9.69 Å². The number of hydrogen-bond acceptors (Lipinski definition) is 4. The summed E-state index contributed by atoms with van der Waals surface area (Å²) in [6, 6.07) is 3.07. The highest BCUT2D eigenvalue weighted by Crippen LogP contribution is 2.31. The number of rotatable bonds is 4. The second-order valence-corrected chi connectivity index (χ2v) is 7.41. The van der Waals surface area contributed by atoms with Crippen molar-refractivity contribution in [2.75, 3.05) is 50.8 Å². The summed E-state index contributed by atoms with van der Waals surface area (Å²) in [4.78, 5) is 16.2. The molecule has 5 nitrogen and oxygen atoms in total. The standard InChI is InChI=1S/C17H23BrFN3O2/c18-13-9-14(19)16(17(20)23)15(10-13)22-3-1-12(2-4-22)11-21-5-7-24-8-6-21/h9-10,12H,1-8,11H2,(H2,20,23). The minimum Gasteiger partial charge on any atom is -0.379 e. The Morgan fingerprint density at radius 1 is 1.25 bits per heavy atom.